The molecule has 0 aliphatic heterocycles. The Morgan fingerprint density at radius 1 is 1.57 bits per heavy atom. The van der Waals surface area contributed by atoms with Crippen molar-refractivity contribution in [2.45, 2.75) is 6.42 Å². The summed E-state index contributed by atoms with van der Waals surface area (Å²) in [5.74, 6) is 0.951. The van der Waals surface area contributed by atoms with Crippen LogP contribution in [0.4, 0.5) is 0 Å². The number of rotatable bonds is 6. The SMILES string of the molecule is C#CCOCCC(=O)N(C)CC(=O)O. The molecule has 5 nitrogen and oxygen atoms in total. The molecule has 0 atom stereocenters. The Labute approximate surface area is 82.6 Å². The molecule has 0 aromatic rings. The van der Waals surface area contributed by atoms with E-state index < -0.39 is 5.97 Å². The highest BCUT2D eigenvalue weighted by molar-refractivity contribution is 5.81. The molecule has 0 unspecified atom stereocenters. The van der Waals surface area contributed by atoms with Gasteiger partial charge in [0.1, 0.15) is 13.2 Å². The molecule has 0 bridgehead atoms. The van der Waals surface area contributed by atoms with Crippen molar-refractivity contribution in [3.05, 3.63) is 0 Å². The van der Waals surface area contributed by atoms with E-state index in [1.165, 1.54) is 7.05 Å². The minimum Gasteiger partial charge on any atom is -0.480 e. The number of aliphatic carboxylic acids is 1. The van der Waals surface area contributed by atoms with E-state index in [1.54, 1.807) is 0 Å². The third-order valence-electron chi connectivity index (χ3n) is 1.44. The normalized spacial score (nSPS) is 9.14. The summed E-state index contributed by atoms with van der Waals surface area (Å²) in [6, 6.07) is 0. The van der Waals surface area contributed by atoms with Crippen LogP contribution in [0.25, 0.3) is 0 Å². The Balaban J connectivity index is 3.63. The average molecular weight is 199 g/mol. The lowest BCUT2D eigenvalue weighted by Crippen LogP contribution is -2.32. The summed E-state index contributed by atoms with van der Waals surface area (Å²) in [7, 11) is 1.43. The Morgan fingerprint density at radius 2 is 2.21 bits per heavy atom. The number of hydrogen-bond acceptors (Lipinski definition) is 3. The Morgan fingerprint density at radius 3 is 2.71 bits per heavy atom. The van der Waals surface area contributed by atoms with Gasteiger partial charge in [-0.25, -0.2) is 0 Å². The number of carbonyl (C=O) groups excluding carboxylic acids is 1. The largest absolute Gasteiger partial charge is 0.480 e. The summed E-state index contributed by atoms with van der Waals surface area (Å²) in [6.07, 6.45) is 5.07. The summed E-state index contributed by atoms with van der Waals surface area (Å²) in [5, 5.41) is 8.39. The number of likely N-dealkylation sites (N-methyl/N-ethyl adjacent to an activating group) is 1. The molecule has 0 heterocycles. The number of carboxylic acids is 1. The van der Waals surface area contributed by atoms with Crippen LogP contribution in [0.5, 0.6) is 0 Å². The molecule has 5 heteroatoms. The van der Waals surface area contributed by atoms with Crippen molar-refractivity contribution in [1.29, 1.82) is 0 Å². The minimum atomic E-state index is -1.04. The molecule has 0 aliphatic rings. The first-order chi connectivity index (χ1) is 6.57. The van der Waals surface area contributed by atoms with Crippen molar-refractivity contribution < 1.29 is 19.4 Å². The summed E-state index contributed by atoms with van der Waals surface area (Å²) in [6.45, 7) is 0.0802. The van der Waals surface area contributed by atoms with Gasteiger partial charge in [0.15, 0.2) is 0 Å². The zero-order valence-corrected chi connectivity index (χ0v) is 8.02. The smallest absolute Gasteiger partial charge is 0.323 e. The molecule has 0 fully saturated rings. The zero-order valence-electron chi connectivity index (χ0n) is 8.02. The van der Waals surface area contributed by atoms with E-state index in [1.807, 2.05) is 0 Å². The van der Waals surface area contributed by atoms with Crippen LogP contribution >= 0.6 is 0 Å². The van der Waals surface area contributed by atoms with E-state index in [-0.39, 0.29) is 32.1 Å². The number of carbonyl (C=O) groups is 2. The lowest BCUT2D eigenvalue weighted by molar-refractivity contribution is -0.143. The van der Waals surface area contributed by atoms with Crippen molar-refractivity contribution >= 4 is 11.9 Å². The van der Waals surface area contributed by atoms with Crippen LogP contribution in [0.2, 0.25) is 0 Å². The van der Waals surface area contributed by atoms with Gasteiger partial charge in [-0.3, -0.25) is 9.59 Å². The van der Waals surface area contributed by atoms with Gasteiger partial charge in [-0.1, -0.05) is 5.92 Å². The van der Waals surface area contributed by atoms with Crippen LogP contribution in [0.3, 0.4) is 0 Å². The Kier molecular flexibility index (Phi) is 6.16. The standard InChI is InChI=1S/C9H13NO4/c1-3-5-14-6-4-8(11)10(2)7-9(12)13/h1H,4-7H2,2H3,(H,12,13). The highest BCUT2D eigenvalue weighted by Gasteiger charge is 2.10. The van der Waals surface area contributed by atoms with E-state index >= 15 is 0 Å². The summed E-state index contributed by atoms with van der Waals surface area (Å²) in [4.78, 5) is 22.5. The van der Waals surface area contributed by atoms with Crippen molar-refractivity contribution in [2.75, 3.05) is 26.8 Å². The molecule has 0 aromatic heterocycles. The first kappa shape index (κ1) is 12.5. The molecule has 0 saturated carbocycles. The van der Waals surface area contributed by atoms with Gasteiger partial charge in [-0.2, -0.15) is 0 Å². The van der Waals surface area contributed by atoms with E-state index in [4.69, 9.17) is 16.3 Å². The zero-order chi connectivity index (χ0) is 11.0. The van der Waals surface area contributed by atoms with Crippen molar-refractivity contribution in [1.82, 2.24) is 4.90 Å². The van der Waals surface area contributed by atoms with Crippen LogP contribution in [-0.4, -0.2) is 48.7 Å². The number of hydrogen-bond donors (Lipinski definition) is 1. The number of nitrogens with zero attached hydrogens (tertiary/aromatic N) is 1. The molecule has 0 radical (unpaired) electrons. The van der Waals surface area contributed by atoms with Gasteiger partial charge in [0.05, 0.1) is 13.0 Å². The molecular formula is C9H13NO4. The number of carboxylic acid groups (broad SMARTS) is 1. The van der Waals surface area contributed by atoms with Gasteiger partial charge in [0, 0.05) is 7.05 Å². The van der Waals surface area contributed by atoms with E-state index in [2.05, 4.69) is 5.92 Å². The van der Waals surface area contributed by atoms with E-state index in [0.29, 0.717) is 0 Å². The van der Waals surface area contributed by atoms with Gasteiger partial charge >= 0.3 is 5.97 Å². The number of terminal acetylenes is 1. The topological polar surface area (TPSA) is 66.8 Å². The van der Waals surface area contributed by atoms with Crippen LogP contribution in [0.1, 0.15) is 6.42 Å². The second-order valence-corrected chi connectivity index (χ2v) is 2.65. The predicted octanol–water partition coefficient (Wildman–Crippen LogP) is -0.431. The van der Waals surface area contributed by atoms with Gasteiger partial charge in [-0.15, -0.1) is 6.42 Å². The summed E-state index contributed by atoms with van der Waals surface area (Å²) in [5.41, 5.74) is 0. The first-order valence-corrected chi connectivity index (χ1v) is 4.05. The number of ether oxygens (including phenoxy) is 1. The first-order valence-electron chi connectivity index (χ1n) is 4.05. The highest BCUT2D eigenvalue weighted by atomic mass is 16.5. The maximum Gasteiger partial charge on any atom is 0.323 e. The van der Waals surface area contributed by atoms with Crippen LogP contribution < -0.4 is 0 Å². The fourth-order valence-corrected chi connectivity index (χ4v) is 0.773. The predicted molar refractivity (Wildman–Crippen MR) is 49.5 cm³/mol. The van der Waals surface area contributed by atoms with Crippen LogP contribution in [0.15, 0.2) is 0 Å². The highest BCUT2D eigenvalue weighted by Crippen LogP contribution is 1.91. The quantitative estimate of drug-likeness (QED) is 0.465. The van der Waals surface area contributed by atoms with Gasteiger partial charge < -0.3 is 14.7 Å². The molecule has 0 aromatic carbocycles. The maximum atomic E-state index is 11.2. The van der Waals surface area contributed by atoms with Crippen molar-refractivity contribution in [2.24, 2.45) is 0 Å². The molecule has 0 saturated heterocycles. The van der Waals surface area contributed by atoms with Crippen molar-refractivity contribution in [3.8, 4) is 12.3 Å². The fourth-order valence-electron chi connectivity index (χ4n) is 0.773. The third-order valence-corrected chi connectivity index (χ3v) is 1.44. The molecule has 78 valence electrons. The lowest BCUT2D eigenvalue weighted by atomic mass is 10.4. The van der Waals surface area contributed by atoms with Gasteiger partial charge in [-0.05, 0) is 0 Å². The van der Waals surface area contributed by atoms with Crippen molar-refractivity contribution in [3.63, 3.8) is 0 Å². The minimum absolute atomic E-state index is 0.144. The summed E-state index contributed by atoms with van der Waals surface area (Å²) < 4.78 is 4.88. The molecule has 1 N–H and O–H groups in total. The van der Waals surface area contributed by atoms with Gasteiger partial charge in [0.25, 0.3) is 0 Å². The monoisotopic (exact) mass is 199 g/mol. The molecule has 0 spiro atoms. The van der Waals surface area contributed by atoms with E-state index in [0.717, 1.165) is 4.90 Å². The van der Waals surface area contributed by atoms with Gasteiger partial charge in [0.2, 0.25) is 5.91 Å². The summed E-state index contributed by atoms with van der Waals surface area (Å²) >= 11 is 0. The third kappa shape index (κ3) is 6.03. The molecular weight excluding hydrogens is 186 g/mol. The second kappa shape index (κ2) is 6.92. The Hall–Kier alpha value is -1.54. The second-order valence-electron chi connectivity index (χ2n) is 2.65. The lowest BCUT2D eigenvalue weighted by Gasteiger charge is -2.13. The Bertz CT molecular complexity index is 244. The average Bonchev–Trinajstić information content (AvgIpc) is 2.11. The fraction of sp³-hybridized carbons (Fsp3) is 0.556. The van der Waals surface area contributed by atoms with E-state index in [9.17, 15) is 9.59 Å². The molecule has 0 aliphatic carbocycles. The van der Waals surface area contributed by atoms with Crippen LogP contribution in [-0.2, 0) is 14.3 Å². The molecule has 14 heavy (non-hydrogen) atoms. The number of amides is 1. The molecule has 1 amide bonds. The molecule has 0 rings (SSSR count). The maximum absolute atomic E-state index is 11.2. The van der Waals surface area contributed by atoms with Crippen LogP contribution in [0, 0.1) is 12.3 Å².